The van der Waals surface area contributed by atoms with Crippen LogP contribution in [0.1, 0.15) is 0 Å². The molecule has 0 radical (unpaired) electrons. The predicted octanol–water partition coefficient (Wildman–Crippen LogP) is -6.78. The van der Waals surface area contributed by atoms with Crippen LogP contribution in [0.3, 0.4) is 0 Å². The standard InChI is InChI=1S/C12H22O35S8/c13-48(14,15)37-1-4-6(43-51(22,23)24)8(45-53(28,29)30)9(46-54(31,32)33)11(40-4)42-12(3-39-50(19,20)21)10(47-55(34,35)36)7(44-52(25,26)27)5(41-12)2-38-49(16,17)18/h4-11H,1-3H2,(H,13,14,15)(H,16,17,18)(H,19,20,21)(H,22,23,24)(H,25,26,27)(H,28,29,30)(H,31,32,33)(H,34,35,36)/t4-,5-,6-,7-,8+,9-,10+,11-,12-/m1/s1. The summed E-state index contributed by atoms with van der Waals surface area (Å²) < 4.78 is 307. The molecule has 2 heterocycles. The topological polar surface area (TPSA) is 536 Å². The molecule has 2 saturated heterocycles. The third kappa shape index (κ3) is 18.1. The third-order valence-electron chi connectivity index (χ3n) is 5.68. The lowest BCUT2D eigenvalue weighted by atomic mass is 9.99. The van der Waals surface area contributed by atoms with Crippen LogP contribution in [-0.2, 0) is 131 Å². The lowest BCUT2D eigenvalue weighted by molar-refractivity contribution is -0.374. The first kappa shape index (κ1) is 50.0. The Morgan fingerprint density at radius 1 is 0.418 bits per heavy atom. The summed E-state index contributed by atoms with van der Waals surface area (Å²) in [6, 6.07) is 0. The number of rotatable bonds is 21. The average molecular weight is 983 g/mol. The maximum atomic E-state index is 11.9. The Balaban J connectivity index is 3.07. The maximum Gasteiger partial charge on any atom is 0.397 e. The minimum Gasteiger partial charge on any atom is -0.341 e. The zero-order valence-corrected chi connectivity index (χ0v) is 31.6. The molecule has 2 fully saturated rings. The second-order valence-corrected chi connectivity index (χ2v) is 18.2. The predicted molar refractivity (Wildman–Crippen MR) is 152 cm³/mol. The van der Waals surface area contributed by atoms with E-state index in [-0.39, 0.29) is 0 Å². The van der Waals surface area contributed by atoms with Crippen molar-refractivity contribution in [3.8, 4) is 0 Å². The van der Waals surface area contributed by atoms with Crippen LogP contribution in [0.4, 0.5) is 0 Å². The van der Waals surface area contributed by atoms with Crippen molar-refractivity contribution in [1.82, 2.24) is 0 Å². The normalized spacial score (nSPS) is 30.7. The molecule has 35 nitrogen and oxygen atoms in total. The van der Waals surface area contributed by atoms with Crippen LogP contribution < -0.4 is 0 Å². The first-order valence-electron chi connectivity index (χ1n) is 12.3. The van der Waals surface area contributed by atoms with E-state index in [4.69, 9.17) is 23.3 Å². The van der Waals surface area contributed by atoms with Crippen molar-refractivity contribution < 1.29 is 151 Å². The van der Waals surface area contributed by atoms with Crippen LogP contribution >= 0.6 is 0 Å². The van der Waals surface area contributed by atoms with Gasteiger partial charge in [0.25, 0.3) is 0 Å². The van der Waals surface area contributed by atoms with E-state index in [0.717, 1.165) is 0 Å². The largest absolute Gasteiger partial charge is 0.397 e. The minimum absolute atomic E-state index is 1.92. The Hall–Kier alpha value is -1.16. The van der Waals surface area contributed by atoms with Gasteiger partial charge in [-0.25, -0.2) is 33.5 Å². The highest BCUT2D eigenvalue weighted by atomic mass is 32.3. The quantitative estimate of drug-likeness (QED) is 0.0496. The second-order valence-electron chi connectivity index (χ2n) is 9.64. The van der Waals surface area contributed by atoms with Gasteiger partial charge in [0.05, 0.1) is 13.2 Å². The van der Waals surface area contributed by atoms with Crippen molar-refractivity contribution >= 4 is 83.2 Å². The van der Waals surface area contributed by atoms with Gasteiger partial charge < -0.3 is 14.2 Å². The van der Waals surface area contributed by atoms with Gasteiger partial charge in [0, 0.05) is 0 Å². The van der Waals surface area contributed by atoms with E-state index < -0.39 is 158 Å². The highest BCUT2D eigenvalue weighted by Gasteiger charge is 2.65. The Morgan fingerprint density at radius 3 is 1.18 bits per heavy atom. The van der Waals surface area contributed by atoms with E-state index in [0.29, 0.717) is 0 Å². The van der Waals surface area contributed by atoms with Crippen molar-refractivity contribution in [2.45, 2.75) is 54.8 Å². The average Bonchev–Trinajstić information content (AvgIpc) is 3.15. The van der Waals surface area contributed by atoms with Crippen molar-refractivity contribution in [2.75, 3.05) is 19.8 Å². The van der Waals surface area contributed by atoms with E-state index in [1.54, 1.807) is 0 Å². The van der Waals surface area contributed by atoms with Crippen LogP contribution in [0.25, 0.3) is 0 Å². The van der Waals surface area contributed by atoms with Crippen LogP contribution in [0.5, 0.6) is 0 Å². The monoisotopic (exact) mass is 982 g/mol. The molecule has 8 N–H and O–H groups in total. The summed E-state index contributed by atoms with van der Waals surface area (Å²) in [5.74, 6) is -4.12. The van der Waals surface area contributed by atoms with Gasteiger partial charge in [0.15, 0.2) is 18.5 Å². The SMILES string of the molecule is O=S(=O)(O)OC[C@H]1O[C@](COS(=O)(=O)O)(O[C@H]2O[C@H](COS(=O)(=O)O)[C@@H](OS(=O)(=O)O)[C@H](OS(=O)(=O)O)[C@H]2OS(=O)(=O)O)[C@@H](OS(=O)(=O)O)[C@@H]1OS(=O)(=O)O. The van der Waals surface area contributed by atoms with E-state index in [2.05, 4.69) is 33.5 Å². The van der Waals surface area contributed by atoms with Crippen LogP contribution in [0.2, 0.25) is 0 Å². The molecule has 328 valence electrons. The van der Waals surface area contributed by atoms with Gasteiger partial charge in [0.1, 0.15) is 37.1 Å². The van der Waals surface area contributed by atoms with Crippen molar-refractivity contribution in [3.63, 3.8) is 0 Å². The third-order valence-corrected chi connectivity index (χ3v) is 9.28. The summed E-state index contributed by atoms with van der Waals surface area (Å²) in [5, 5.41) is 0. The molecule has 9 atom stereocenters. The highest BCUT2D eigenvalue weighted by Crippen LogP contribution is 2.42. The molecule has 0 aromatic heterocycles. The van der Waals surface area contributed by atoms with E-state index in [9.17, 15) is 94.7 Å². The Labute approximate surface area is 308 Å². The summed E-state index contributed by atoms with van der Waals surface area (Å²) in [6.07, 6.45) is -26.0. The highest BCUT2D eigenvalue weighted by molar-refractivity contribution is 7.82. The van der Waals surface area contributed by atoms with Crippen LogP contribution in [0, 0.1) is 0 Å². The van der Waals surface area contributed by atoms with Crippen molar-refractivity contribution in [1.29, 1.82) is 0 Å². The number of hydrogen-bond acceptors (Lipinski definition) is 27. The van der Waals surface area contributed by atoms with E-state index in [1.807, 2.05) is 0 Å². The van der Waals surface area contributed by atoms with Gasteiger partial charge >= 0.3 is 83.2 Å². The molecule has 2 rings (SSSR count). The number of hydrogen-bond donors (Lipinski definition) is 8. The van der Waals surface area contributed by atoms with Gasteiger partial charge in [-0.15, -0.1) is 0 Å². The molecule has 0 aromatic carbocycles. The van der Waals surface area contributed by atoms with Crippen LogP contribution in [0.15, 0.2) is 0 Å². The lowest BCUT2D eigenvalue weighted by Crippen LogP contribution is -2.65. The zero-order valence-electron chi connectivity index (χ0n) is 25.1. The first-order valence-corrected chi connectivity index (χ1v) is 23.2. The molecule has 0 aromatic rings. The fourth-order valence-electron chi connectivity index (χ4n) is 4.24. The summed E-state index contributed by atoms with van der Waals surface area (Å²) in [4.78, 5) is 0. The molecule has 0 aliphatic carbocycles. The van der Waals surface area contributed by atoms with Gasteiger partial charge in [0.2, 0.25) is 5.79 Å². The van der Waals surface area contributed by atoms with Gasteiger partial charge in [-0.3, -0.25) is 36.4 Å². The van der Waals surface area contributed by atoms with Gasteiger partial charge in [-0.05, 0) is 0 Å². The fraction of sp³-hybridized carbons (Fsp3) is 1.00. The van der Waals surface area contributed by atoms with Crippen molar-refractivity contribution in [3.05, 3.63) is 0 Å². The Morgan fingerprint density at radius 2 is 0.782 bits per heavy atom. The maximum absolute atomic E-state index is 11.9. The molecule has 0 bridgehead atoms. The molecule has 2 aliphatic heterocycles. The van der Waals surface area contributed by atoms with Gasteiger partial charge in [-0.2, -0.15) is 67.3 Å². The van der Waals surface area contributed by atoms with E-state index >= 15 is 0 Å². The van der Waals surface area contributed by atoms with E-state index in [1.165, 1.54) is 0 Å². The molecule has 55 heavy (non-hydrogen) atoms. The summed E-state index contributed by atoms with van der Waals surface area (Å²) in [6.45, 7) is -6.25. The molecule has 0 spiro atoms. The molecule has 0 saturated carbocycles. The number of ether oxygens (including phenoxy) is 3. The first-order chi connectivity index (χ1) is 24.2. The summed E-state index contributed by atoms with van der Waals surface area (Å²) >= 11 is 0. The minimum atomic E-state index is -6.24. The lowest BCUT2D eigenvalue weighted by Gasteiger charge is -2.45. The van der Waals surface area contributed by atoms with Gasteiger partial charge in [-0.1, -0.05) is 0 Å². The molecule has 2 aliphatic rings. The molecule has 43 heteroatoms. The smallest absolute Gasteiger partial charge is 0.341 e. The summed E-state index contributed by atoms with van der Waals surface area (Å²) in [7, 11) is -48.3. The molecule has 0 unspecified atom stereocenters. The molecular weight excluding hydrogens is 961 g/mol. The summed E-state index contributed by atoms with van der Waals surface area (Å²) in [5.41, 5.74) is 0. The Bertz CT molecular complexity index is 2280. The Kier molecular flexibility index (Phi) is 15.6. The fourth-order valence-corrected chi connectivity index (χ4v) is 7.68. The molecular formula is C12H22O35S8. The second kappa shape index (κ2) is 17.2. The van der Waals surface area contributed by atoms with Crippen LogP contribution in [-0.4, -0.2) is 178 Å². The van der Waals surface area contributed by atoms with Crippen molar-refractivity contribution in [2.24, 2.45) is 0 Å². The zero-order chi connectivity index (χ0) is 43.0. The molecule has 0 amide bonds.